The Hall–Kier alpha value is -0.530. The van der Waals surface area contributed by atoms with E-state index >= 15 is 0 Å². The van der Waals surface area contributed by atoms with Crippen molar-refractivity contribution >= 4 is 22.6 Å². The van der Waals surface area contributed by atoms with Gasteiger partial charge >= 0.3 is 0 Å². The van der Waals surface area contributed by atoms with E-state index in [2.05, 4.69) is 40.9 Å². The van der Waals surface area contributed by atoms with E-state index in [9.17, 15) is 5.11 Å². The van der Waals surface area contributed by atoms with Crippen LogP contribution < -0.4 is 14.8 Å². The zero-order valence-corrected chi connectivity index (χ0v) is 13.9. The van der Waals surface area contributed by atoms with Crippen molar-refractivity contribution in [3.63, 3.8) is 0 Å². The van der Waals surface area contributed by atoms with Crippen molar-refractivity contribution in [2.75, 3.05) is 20.3 Å². The Morgan fingerprint density at radius 3 is 2.63 bits per heavy atom. The molecule has 0 aliphatic carbocycles. The lowest BCUT2D eigenvalue weighted by Crippen LogP contribution is -2.31. The van der Waals surface area contributed by atoms with Gasteiger partial charge in [-0.2, -0.15) is 0 Å². The quantitative estimate of drug-likeness (QED) is 0.682. The van der Waals surface area contributed by atoms with Gasteiger partial charge in [0.15, 0.2) is 11.5 Å². The van der Waals surface area contributed by atoms with E-state index in [1.54, 1.807) is 7.11 Å². The second-order valence-electron chi connectivity index (χ2n) is 4.21. The van der Waals surface area contributed by atoms with Crippen molar-refractivity contribution in [3.05, 3.63) is 21.3 Å². The first-order valence-electron chi connectivity index (χ1n) is 6.49. The number of rotatable bonds is 8. The van der Waals surface area contributed by atoms with Crippen LogP contribution in [-0.4, -0.2) is 31.5 Å². The van der Waals surface area contributed by atoms with Gasteiger partial charge in [-0.1, -0.05) is 6.92 Å². The van der Waals surface area contributed by atoms with Gasteiger partial charge in [0, 0.05) is 12.6 Å². The highest BCUT2D eigenvalue weighted by Crippen LogP contribution is 2.33. The van der Waals surface area contributed by atoms with E-state index in [1.807, 2.05) is 13.0 Å². The molecule has 4 nitrogen and oxygen atoms in total. The standard InChI is InChI=1S/C14H22INO3/c1-4-11(9-17)16-8-10-6-12(15)14(18-3)13(7-10)19-5-2/h6-7,11,16-17H,4-5,8-9H2,1-3H3. The molecule has 0 fully saturated rings. The smallest absolute Gasteiger partial charge is 0.174 e. The summed E-state index contributed by atoms with van der Waals surface area (Å²) < 4.78 is 12.0. The number of hydrogen-bond acceptors (Lipinski definition) is 4. The molecule has 5 heteroatoms. The number of ether oxygens (including phenoxy) is 2. The molecule has 0 aromatic heterocycles. The number of halogens is 1. The highest BCUT2D eigenvalue weighted by molar-refractivity contribution is 14.1. The van der Waals surface area contributed by atoms with Gasteiger partial charge < -0.3 is 19.9 Å². The molecule has 108 valence electrons. The minimum Gasteiger partial charge on any atom is -0.492 e. The number of methoxy groups -OCH3 is 1. The summed E-state index contributed by atoms with van der Waals surface area (Å²) in [4.78, 5) is 0. The molecule has 2 N–H and O–H groups in total. The van der Waals surface area contributed by atoms with Gasteiger partial charge in [-0.15, -0.1) is 0 Å². The van der Waals surface area contributed by atoms with E-state index in [-0.39, 0.29) is 12.6 Å². The van der Waals surface area contributed by atoms with Crippen LogP contribution in [0.1, 0.15) is 25.8 Å². The lowest BCUT2D eigenvalue weighted by molar-refractivity contribution is 0.238. The Bertz CT molecular complexity index is 395. The predicted molar refractivity (Wildman–Crippen MR) is 84.9 cm³/mol. The van der Waals surface area contributed by atoms with Crippen molar-refractivity contribution in [2.45, 2.75) is 32.9 Å². The first-order chi connectivity index (χ1) is 9.15. The van der Waals surface area contributed by atoms with Gasteiger partial charge in [-0.05, 0) is 53.6 Å². The van der Waals surface area contributed by atoms with Gasteiger partial charge in [0.1, 0.15) is 0 Å². The van der Waals surface area contributed by atoms with E-state index < -0.39 is 0 Å². The van der Waals surface area contributed by atoms with Crippen LogP contribution in [0.5, 0.6) is 11.5 Å². The molecule has 0 saturated carbocycles. The highest BCUT2D eigenvalue weighted by atomic mass is 127. The third-order valence-corrected chi connectivity index (χ3v) is 3.68. The summed E-state index contributed by atoms with van der Waals surface area (Å²) in [5.74, 6) is 1.55. The first-order valence-corrected chi connectivity index (χ1v) is 7.57. The number of aliphatic hydroxyl groups excluding tert-OH is 1. The van der Waals surface area contributed by atoms with E-state index in [0.717, 1.165) is 27.1 Å². The molecule has 0 bridgehead atoms. The van der Waals surface area contributed by atoms with Crippen molar-refractivity contribution < 1.29 is 14.6 Å². The van der Waals surface area contributed by atoms with Crippen molar-refractivity contribution in [1.82, 2.24) is 5.32 Å². The summed E-state index contributed by atoms with van der Waals surface area (Å²) in [6.07, 6.45) is 0.905. The third kappa shape index (κ3) is 4.81. The fraction of sp³-hybridized carbons (Fsp3) is 0.571. The topological polar surface area (TPSA) is 50.7 Å². The Morgan fingerprint density at radius 1 is 1.37 bits per heavy atom. The predicted octanol–water partition coefficient (Wildman–Crippen LogP) is 2.56. The second kappa shape index (κ2) is 8.60. The molecule has 0 saturated heterocycles. The molecule has 1 unspecified atom stereocenters. The Morgan fingerprint density at radius 2 is 2.11 bits per heavy atom. The Kier molecular flexibility index (Phi) is 7.48. The highest BCUT2D eigenvalue weighted by Gasteiger charge is 2.12. The van der Waals surface area contributed by atoms with Crippen LogP contribution in [0.2, 0.25) is 0 Å². The molecular formula is C14H22INO3. The molecule has 0 aliphatic rings. The molecule has 1 rings (SSSR count). The van der Waals surface area contributed by atoms with Gasteiger partial charge in [0.2, 0.25) is 0 Å². The molecule has 0 spiro atoms. The zero-order valence-electron chi connectivity index (χ0n) is 11.7. The van der Waals surface area contributed by atoms with Gasteiger partial charge in [-0.3, -0.25) is 0 Å². The van der Waals surface area contributed by atoms with Gasteiger partial charge in [-0.25, -0.2) is 0 Å². The largest absolute Gasteiger partial charge is 0.492 e. The summed E-state index contributed by atoms with van der Waals surface area (Å²) in [5.41, 5.74) is 1.13. The maximum atomic E-state index is 9.17. The van der Waals surface area contributed by atoms with Crippen LogP contribution >= 0.6 is 22.6 Å². The van der Waals surface area contributed by atoms with Crippen LogP contribution in [0.15, 0.2) is 12.1 Å². The minimum atomic E-state index is 0.135. The molecule has 0 aliphatic heterocycles. The molecule has 1 aromatic rings. The molecule has 0 heterocycles. The first kappa shape index (κ1) is 16.5. The van der Waals surface area contributed by atoms with Crippen molar-refractivity contribution in [2.24, 2.45) is 0 Å². The fourth-order valence-electron chi connectivity index (χ4n) is 1.78. The van der Waals surface area contributed by atoms with Crippen LogP contribution in [0.4, 0.5) is 0 Å². The number of aliphatic hydroxyl groups is 1. The summed E-state index contributed by atoms with van der Waals surface area (Å²) in [6, 6.07) is 4.19. The average molecular weight is 379 g/mol. The molecule has 0 radical (unpaired) electrons. The Labute approximate surface area is 128 Å². The summed E-state index contributed by atoms with van der Waals surface area (Å²) >= 11 is 2.24. The van der Waals surface area contributed by atoms with Crippen molar-refractivity contribution in [1.29, 1.82) is 0 Å². The molecule has 0 amide bonds. The number of nitrogens with one attached hydrogen (secondary N) is 1. The summed E-state index contributed by atoms with van der Waals surface area (Å²) in [7, 11) is 1.65. The van der Waals surface area contributed by atoms with Crippen LogP contribution in [-0.2, 0) is 6.54 Å². The van der Waals surface area contributed by atoms with Crippen LogP contribution in [0.25, 0.3) is 0 Å². The summed E-state index contributed by atoms with van der Waals surface area (Å²) in [5, 5.41) is 12.5. The van der Waals surface area contributed by atoms with Gasteiger partial charge in [0.25, 0.3) is 0 Å². The minimum absolute atomic E-state index is 0.135. The average Bonchev–Trinajstić information content (AvgIpc) is 2.40. The molecule has 19 heavy (non-hydrogen) atoms. The number of benzene rings is 1. The molecular weight excluding hydrogens is 357 g/mol. The van der Waals surface area contributed by atoms with Crippen LogP contribution in [0.3, 0.4) is 0 Å². The maximum absolute atomic E-state index is 9.17. The van der Waals surface area contributed by atoms with Gasteiger partial charge in [0.05, 0.1) is 23.9 Å². The van der Waals surface area contributed by atoms with Crippen LogP contribution in [0, 0.1) is 3.57 Å². The second-order valence-corrected chi connectivity index (χ2v) is 5.37. The molecule has 1 atom stereocenters. The third-order valence-electron chi connectivity index (χ3n) is 2.88. The van der Waals surface area contributed by atoms with E-state index in [1.165, 1.54) is 0 Å². The normalized spacial score (nSPS) is 12.3. The lowest BCUT2D eigenvalue weighted by atomic mass is 10.1. The monoisotopic (exact) mass is 379 g/mol. The zero-order chi connectivity index (χ0) is 14.3. The van der Waals surface area contributed by atoms with E-state index in [0.29, 0.717) is 13.2 Å². The molecule has 1 aromatic carbocycles. The fourth-order valence-corrected chi connectivity index (χ4v) is 2.67. The Balaban J connectivity index is 2.84. The SMILES string of the molecule is CCOc1cc(CNC(CC)CO)cc(I)c1OC. The summed E-state index contributed by atoms with van der Waals surface area (Å²) in [6.45, 7) is 5.48. The van der Waals surface area contributed by atoms with E-state index in [4.69, 9.17) is 9.47 Å². The lowest BCUT2D eigenvalue weighted by Gasteiger charge is -2.16. The maximum Gasteiger partial charge on any atom is 0.174 e. The van der Waals surface area contributed by atoms with Crippen molar-refractivity contribution in [3.8, 4) is 11.5 Å². The number of hydrogen-bond donors (Lipinski definition) is 2.